The highest BCUT2D eigenvalue weighted by Gasteiger charge is 2.08. The second-order valence-corrected chi connectivity index (χ2v) is 4.97. The molecule has 0 aliphatic carbocycles. The van der Waals surface area contributed by atoms with Gasteiger partial charge in [0.15, 0.2) is 0 Å². The van der Waals surface area contributed by atoms with Gasteiger partial charge in [-0.2, -0.15) is 5.16 Å². The molecule has 4 nitrogen and oxygen atoms in total. The standard InChI is InChI=1S/C6H12N3S2.CNS/c1-8(2)5-7-6(9(3)4)11-10-5;2-1-3/h1-4H3;/q+1;-1. The number of rotatable bonds is 1. The lowest BCUT2D eigenvalue weighted by molar-refractivity contribution is 0.801. The zero-order valence-corrected chi connectivity index (χ0v) is 11.0. The van der Waals surface area contributed by atoms with Gasteiger partial charge in [-0.1, -0.05) is 12.2 Å². The van der Waals surface area contributed by atoms with Gasteiger partial charge in [0.1, 0.15) is 0 Å². The van der Waals surface area contributed by atoms with E-state index in [2.05, 4.69) is 17.2 Å². The number of isothiocyanates is 1. The van der Waals surface area contributed by atoms with Crippen molar-refractivity contribution in [2.24, 2.45) is 0 Å². The minimum atomic E-state index is 1.07. The van der Waals surface area contributed by atoms with Gasteiger partial charge in [-0.25, -0.2) is 0 Å². The first kappa shape index (κ1) is 13.4. The molecule has 0 saturated heterocycles. The molecule has 0 unspecified atom stereocenters. The van der Waals surface area contributed by atoms with E-state index in [4.69, 9.17) is 5.41 Å². The van der Waals surface area contributed by atoms with Gasteiger partial charge in [0.2, 0.25) is 0 Å². The van der Waals surface area contributed by atoms with Crippen LogP contribution in [0.4, 0.5) is 5.13 Å². The summed E-state index contributed by atoms with van der Waals surface area (Å²) in [5.41, 5.74) is 0. The summed E-state index contributed by atoms with van der Waals surface area (Å²) in [5.74, 6) is 0. The first-order valence-electron chi connectivity index (χ1n) is 3.69. The van der Waals surface area contributed by atoms with Crippen LogP contribution in [0.2, 0.25) is 0 Å². The van der Waals surface area contributed by atoms with Crippen molar-refractivity contribution < 1.29 is 0 Å². The van der Waals surface area contributed by atoms with Crippen LogP contribution < -0.4 is 14.3 Å². The summed E-state index contributed by atoms with van der Waals surface area (Å²) in [6.45, 7) is 0. The quantitative estimate of drug-likeness (QED) is 0.322. The molecule has 0 atom stereocenters. The van der Waals surface area contributed by atoms with Crippen LogP contribution in [-0.4, -0.2) is 38.3 Å². The first-order chi connectivity index (χ1) is 6.52. The van der Waals surface area contributed by atoms with E-state index in [-0.39, 0.29) is 0 Å². The molecule has 0 N–H and O–H groups in total. The van der Waals surface area contributed by atoms with Crippen LogP contribution in [0.15, 0.2) is 0 Å². The van der Waals surface area contributed by atoms with Crippen molar-refractivity contribution in [2.45, 2.75) is 0 Å². The molecule has 0 bridgehead atoms. The molecule has 0 spiro atoms. The fraction of sp³-hybridized carbons (Fsp3) is 0.571. The summed E-state index contributed by atoms with van der Waals surface area (Å²) in [5, 5.41) is 9.54. The molecule has 1 heterocycles. The maximum Gasteiger partial charge on any atom is 0.390 e. The number of nitrogens with zero attached hydrogens (tertiary/aromatic N) is 4. The monoisotopic (exact) mass is 248 g/mol. The lowest BCUT2D eigenvalue weighted by Crippen LogP contribution is -2.21. The number of aromatic nitrogens is 1. The second kappa shape index (κ2) is 6.78. The van der Waals surface area contributed by atoms with Crippen molar-refractivity contribution in [1.29, 1.82) is 0 Å². The molecule has 0 aliphatic rings. The van der Waals surface area contributed by atoms with Crippen LogP contribution in [-0.2, 0) is 0 Å². The third kappa shape index (κ3) is 4.57. The Hall–Kier alpha value is -0.620. The van der Waals surface area contributed by atoms with Gasteiger partial charge >= 0.3 is 9.93 Å². The van der Waals surface area contributed by atoms with Crippen LogP contribution in [0, 0.1) is 0 Å². The predicted octanol–water partition coefficient (Wildman–Crippen LogP) is 0.961. The Kier molecular flexibility index (Phi) is 6.48. The van der Waals surface area contributed by atoms with E-state index < -0.39 is 0 Å². The Morgan fingerprint density at radius 2 is 1.93 bits per heavy atom. The average molecular weight is 248 g/mol. The number of hydrogen-bond donors (Lipinski definition) is 0. The SMILES string of the molecule is CN(C)c1nc(=[N+](C)C)ss1.[N-]=C=S. The summed E-state index contributed by atoms with van der Waals surface area (Å²) < 4.78 is 2.02. The van der Waals surface area contributed by atoms with Crippen LogP contribution in [0.3, 0.4) is 0 Å². The van der Waals surface area contributed by atoms with Crippen LogP contribution in [0.5, 0.6) is 0 Å². The van der Waals surface area contributed by atoms with Gasteiger partial charge in [0.25, 0.3) is 0 Å². The Bertz CT molecular complexity index is 366. The van der Waals surface area contributed by atoms with Crippen molar-refractivity contribution in [3.8, 4) is 0 Å². The molecular formula is C7H12N4S3. The number of anilines is 1. The van der Waals surface area contributed by atoms with Gasteiger partial charge < -0.3 is 10.3 Å². The van der Waals surface area contributed by atoms with E-state index in [9.17, 15) is 0 Å². The van der Waals surface area contributed by atoms with Crippen molar-refractivity contribution >= 4 is 43.2 Å². The highest BCUT2D eigenvalue weighted by atomic mass is 32.9. The normalized spacial score (nSPS) is 8.29. The predicted molar refractivity (Wildman–Crippen MR) is 67.4 cm³/mol. The minimum Gasteiger partial charge on any atom is -0.753 e. The maximum absolute atomic E-state index is 7.13. The Balaban J connectivity index is 0.000000500. The largest absolute Gasteiger partial charge is 0.753 e. The Morgan fingerprint density at radius 1 is 1.43 bits per heavy atom. The molecule has 1 aromatic rings. The van der Waals surface area contributed by atoms with E-state index in [0.29, 0.717) is 0 Å². The first-order valence-corrected chi connectivity index (χ1v) is 6.24. The zero-order chi connectivity index (χ0) is 11.1. The molecule has 0 aromatic carbocycles. The van der Waals surface area contributed by atoms with Crippen LogP contribution >= 0.6 is 32.9 Å². The summed E-state index contributed by atoms with van der Waals surface area (Å²) in [6, 6.07) is 0. The molecule has 0 radical (unpaired) electrons. The second-order valence-electron chi connectivity index (χ2n) is 2.72. The van der Waals surface area contributed by atoms with Gasteiger partial charge in [-0.3, -0.25) is 4.58 Å². The van der Waals surface area contributed by atoms with Crippen LogP contribution in [0.25, 0.3) is 5.41 Å². The molecule has 7 heteroatoms. The molecule has 1 aromatic heterocycles. The van der Waals surface area contributed by atoms with E-state index >= 15 is 0 Å². The molecule has 14 heavy (non-hydrogen) atoms. The Morgan fingerprint density at radius 3 is 2.14 bits per heavy atom. The van der Waals surface area contributed by atoms with Gasteiger partial charge in [-0.15, -0.1) is 0 Å². The average Bonchev–Trinajstić information content (AvgIpc) is 2.53. The van der Waals surface area contributed by atoms with Crippen molar-refractivity contribution in [3.05, 3.63) is 10.2 Å². The van der Waals surface area contributed by atoms with Gasteiger partial charge in [0.05, 0.1) is 14.1 Å². The smallest absolute Gasteiger partial charge is 0.390 e. The van der Waals surface area contributed by atoms with Crippen molar-refractivity contribution in [2.75, 3.05) is 33.1 Å². The third-order valence-corrected chi connectivity index (χ3v) is 3.59. The molecule has 78 valence electrons. The van der Waals surface area contributed by atoms with E-state index in [0.717, 1.165) is 9.93 Å². The fourth-order valence-corrected chi connectivity index (χ4v) is 2.86. The topological polar surface area (TPSA) is 41.4 Å². The summed E-state index contributed by atoms with van der Waals surface area (Å²) >= 11 is 3.70. The molecule has 1 rings (SSSR count). The third-order valence-electron chi connectivity index (χ3n) is 1.15. The Labute approximate surface area is 96.1 Å². The summed E-state index contributed by atoms with van der Waals surface area (Å²) in [7, 11) is 11.4. The lowest BCUT2D eigenvalue weighted by atomic mass is 10.9. The maximum atomic E-state index is 7.13. The molecule has 0 saturated carbocycles. The number of hydrogen-bond acceptors (Lipinski definition) is 5. The van der Waals surface area contributed by atoms with E-state index in [1.54, 1.807) is 20.7 Å². The van der Waals surface area contributed by atoms with Gasteiger partial charge in [-0.05, 0) is 10.3 Å². The minimum absolute atomic E-state index is 1.07. The fourth-order valence-electron chi connectivity index (χ4n) is 0.543. The van der Waals surface area contributed by atoms with E-state index in [1.165, 1.54) is 5.16 Å². The highest BCUT2D eigenvalue weighted by molar-refractivity contribution is 7.78. The molecular weight excluding hydrogens is 236 g/mol. The van der Waals surface area contributed by atoms with Crippen molar-refractivity contribution in [3.63, 3.8) is 0 Å². The van der Waals surface area contributed by atoms with Gasteiger partial charge in [0, 0.05) is 29.4 Å². The summed E-state index contributed by atoms with van der Waals surface area (Å²) in [4.78, 5) is 7.49. The van der Waals surface area contributed by atoms with Crippen molar-refractivity contribution in [1.82, 2.24) is 9.56 Å². The molecule has 0 amide bonds. The molecule has 0 fully saturated rings. The zero-order valence-electron chi connectivity index (χ0n) is 8.51. The molecule has 0 aliphatic heterocycles. The van der Waals surface area contributed by atoms with Crippen LogP contribution in [0.1, 0.15) is 0 Å². The lowest BCUT2D eigenvalue weighted by Gasteiger charge is -1.99. The highest BCUT2D eigenvalue weighted by Crippen LogP contribution is 2.14. The number of thiocarbonyl (C=S) groups is 1. The van der Waals surface area contributed by atoms with E-state index in [1.807, 2.05) is 37.7 Å². The summed E-state index contributed by atoms with van der Waals surface area (Å²) in [6.07, 6.45) is 0.